The van der Waals surface area contributed by atoms with Crippen molar-refractivity contribution in [3.05, 3.63) is 28.0 Å². The van der Waals surface area contributed by atoms with Crippen LogP contribution in [0.25, 0.3) is 0 Å². The summed E-state index contributed by atoms with van der Waals surface area (Å²) in [5, 5.41) is 3.51. The van der Waals surface area contributed by atoms with E-state index in [1.54, 1.807) is 12.1 Å². The van der Waals surface area contributed by atoms with E-state index in [9.17, 15) is 4.39 Å². The summed E-state index contributed by atoms with van der Waals surface area (Å²) in [6, 6.07) is 3.52. The minimum atomic E-state index is -0.559. The maximum Gasteiger partial charge on any atom is 0.160 e. The molecule has 0 aromatic heterocycles. The zero-order valence-electron chi connectivity index (χ0n) is 10.5. The molecule has 1 N–H and O–H groups in total. The highest BCUT2D eigenvalue weighted by Gasteiger charge is 2.42. The van der Waals surface area contributed by atoms with E-state index >= 15 is 0 Å². The van der Waals surface area contributed by atoms with Gasteiger partial charge in [0.1, 0.15) is 0 Å². The molecule has 104 valence electrons. The molecule has 3 rings (SSSR count). The van der Waals surface area contributed by atoms with Gasteiger partial charge in [-0.05, 0) is 44.2 Å². The summed E-state index contributed by atoms with van der Waals surface area (Å²) in [7, 11) is 0. The Balaban J connectivity index is 1.71. The fourth-order valence-corrected chi connectivity index (χ4v) is 3.43. The molecule has 1 aliphatic heterocycles. The van der Waals surface area contributed by atoms with Gasteiger partial charge in [0.25, 0.3) is 0 Å². The lowest BCUT2D eigenvalue weighted by Gasteiger charge is -2.47. The molecular formula is C14H16Cl2FNO. The summed E-state index contributed by atoms with van der Waals surface area (Å²) in [4.78, 5) is 0. The van der Waals surface area contributed by atoms with Gasteiger partial charge in [-0.25, -0.2) is 4.39 Å². The first-order valence-corrected chi connectivity index (χ1v) is 7.39. The predicted molar refractivity (Wildman–Crippen MR) is 75.6 cm³/mol. The molecule has 1 saturated heterocycles. The van der Waals surface area contributed by atoms with Crippen molar-refractivity contribution in [1.82, 2.24) is 0 Å². The van der Waals surface area contributed by atoms with Crippen molar-refractivity contribution in [3.63, 3.8) is 0 Å². The highest BCUT2D eigenvalue weighted by molar-refractivity contribution is 6.35. The molecule has 0 bridgehead atoms. The van der Waals surface area contributed by atoms with Crippen LogP contribution in [0.5, 0.6) is 0 Å². The third-order valence-corrected chi connectivity index (χ3v) is 4.66. The maximum absolute atomic E-state index is 13.4. The highest BCUT2D eigenvalue weighted by atomic mass is 35.5. The van der Waals surface area contributed by atoms with E-state index in [1.165, 1.54) is 6.42 Å². The van der Waals surface area contributed by atoms with Crippen molar-refractivity contribution < 1.29 is 9.13 Å². The fourth-order valence-electron chi connectivity index (χ4n) is 2.95. The normalized spacial score (nSPS) is 25.1. The van der Waals surface area contributed by atoms with Crippen LogP contribution < -0.4 is 5.32 Å². The van der Waals surface area contributed by atoms with Crippen molar-refractivity contribution >= 4 is 28.9 Å². The number of ether oxygens (including phenoxy) is 1. The number of halogens is 3. The summed E-state index contributed by atoms with van der Waals surface area (Å²) >= 11 is 11.6. The Labute approximate surface area is 122 Å². The number of rotatable bonds is 2. The van der Waals surface area contributed by atoms with Gasteiger partial charge in [0.15, 0.2) is 5.82 Å². The van der Waals surface area contributed by atoms with Gasteiger partial charge in [-0.1, -0.05) is 23.2 Å². The number of benzene rings is 1. The molecule has 5 heteroatoms. The molecule has 0 radical (unpaired) electrons. The Bertz CT molecular complexity index is 467. The van der Waals surface area contributed by atoms with Crippen LogP contribution in [0, 0.1) is 5.82 Å². The average Bonchev–Trinajstić information content (AvgIpc) is 2.34. The van der Waals surface area contributed by atoms with Crippen LogP contribution in [0.3, 0.4) is 0 Å². The summed E-state index contributed by atoms with van der Waals surface area (Å²) in [5.41, 5.74) is 0.863. The molecule has 1 saturated carbocycles. The van der Waals surface area contributed by atoms with Gasteiger partial charge in [-0.3, -0.25) is 0 Å². The van der Waals surface area contributed by atoms with Crippen molar-refractivity contribution in [2.24, 2.45) is 0 Å². The smallest absolute Gasteiger partial charge is 0.160 e. The molecule has 19 heavy (non-hydrogen) atoms. The standard InChI is InChI=1S/C14H16Cl2FNO/c15-11-6-10(7-12(16)13(11)17)18-9-2-5-19-14(8-9)3-1-4-14/h6-7,9,18H,1-5,8H2. The van der Waals surface area contributed by atoms with Gasteiger partial charge in [-0.2, -0.15) is 0 Å². The molecule has 2 aliphatic rings. The third-order valence-electron chi connectivity index (χ3n) is 4.11. The SMILES string of the molecule is Fc1c(Cl)cc(NC2CCOC3(CCC3)C2)cc1Cl. The first-order chi connectivity index (χ1) is 9.08. The second-order valence-corrected chi connectivity index (χ2v) is 6.29. The summed E-state index contributed by atoms with van der Waals surface area (Å²) in [5.74, 6) is -0.559. The molecule has 1 aromatic carbocycles. The average molecular weight is 304 g/mol. The molecular weight excluding hydrogens is 288 g/mol. The Morgan fingerprint density at radius 1 is 1.26 bits per heavy atom. The molecule has 1 unspecified atom stereocenters. The van der Waals surface area contributed by atoms with Gasteiger partial charge in [-0.15, -0.1) is 0 Å². The van der Waals surface area contributed by atoms with E-state index in [2.05, 4.69) is 5.32 Å². The summed E-state index contributed by atoms with van der Waals surface area (Å²) < 4.78 is 19.2. The molecule has 1 aromatic rings. The van der Waals surface area contributed by atoms with Crippen LogP contribution in [0.4, 0.5) is 10.1 Å². The lowest BCUT2D eigenvalue weighted by Crippen LogP contribution is -2.49. The summed E-state index contributed by atoms with van der Waals surface area (Å²) in [6.07, 6.45) is 5.50. The maximum atomic E-state index is 13.4. The molecule has 2 nitrogen and oxygen atoms in total. The van der Waals surface area contributed by atoms with Crippen molar-refractivity contribution in [2.75, 3.05) is 11.9 Å². The molecule has 1 aliphatic carbocycles. The van der Waals surface area contributed by atoms with Gasteiger partial charge in [0.2, 0.25) is 0 Å². The van der Waals surface area contributed by atoms with E-state index in [-0.39, 0.29) is 15.6 Å². The Kier molecular flexibility index (Phi) is 3.63. The fraction of sp³-hybridized carbons (Fsp3) is 0.571. The van der Waals surface area contributed by atoms with E-state index in [0.29, 0.717) is 6.04 Å². The Hall–Kier alpha value is -0.510. The Morgan fingerprint density at radius 2 is 1.95 bits per heavy atom. The zero-order valence-corrected chi connectivity index (χ0v) is 12.0. The van der Waals surface area contributed by atoms with Crippen LogP contribution in [-0.2, 0) is 4.74 Å². The van der Waals surface area contributed by atoms with Gasteiger partial charge < -0.3 is 10.1 Å². The van der Waals surface area contributed by atoms with Crippen LogP contribution in [0.2, 0.25) is 10.0 Å². The van der Waals surface area contributed by atoms with E-state index < -0.39 is 5.82 Å². The van der Waals surface area contributed by atoms with Crippen molar-refractivity contribution in [1.29, 1.82) is 0 Å². The molecule has 1 spiro atoms. The lowest BCUT2D eigenvalue weighted by molar-refractivity contribution is -0.130. The topological polar surface area (TPSA) is 21.3 Å². The molecule has 1 atom stereocenters. The molecule has 2 fully saturated rings. The van der Waals surface area contributed by atoms with Crippen LogP contribution >= 0.6 is 23.2 Å². The highest BCUT2D eigenvalue weighted by Crippen LogP contribution is 2.43. The van der Waals surface area contributed by atoms with Gasteiger partial charge >= 0.3 is 0 Å². The van der Waals surface area contributed by atoms with Crippen LogP contribution in [-0.4, -0.2) is 18.2 Å². The quantitative estimate of drug-likeness (QED) is 0.803. The van der Waals surface area contributed by atoms with Crippen LogP contribution in [0.15, 0.2) is 12.1 Å². The second kappa shape index (κ2) is 5.12. The first-order valence-electron chi connectivity index (χ1n) is 6.63. The van der Waals surface area contributed by atoms with Crippen molar-refractivity contribution in [3.8, 4) is 0 Å². The molecule has 1 heterocycles. The predicted octanol–water partition coefficient (Wildman–Crippen LogP) is 4.65. The van der Waals surface area contributed by atoms with E-state index in [4.69, 9.17) is 27.9 Å². The first kappa shape index (κ1) is 13.5. The van der Waals surface area contributed by atoms with Crippen molar-refractivity contribution in [2.45, 2.75) is 43.7 Å². The minimum Gasteiger partial charge on any atom is -0.382 e. The van der Waals surface area contributed by atoms with Gasteiger partial charge in [0.05, 0.1) is 15.6 Å². The van der Waals surface area contributed by atoms with Crippen LogP contribution in [0.1, 0.15) is 32.1 Å². The lowest BCUT2D eigenvalue weighted by atomic mass is 9.74. The second-order valence-electron chi connectivity index (χ2n) is 5.47. The molecule has 0 amide bonds. The largest absolute Gasteiger partial charge is 0.382 e. The number of anilines is 1. The van der Waals surface area contributed by atoms with Gasteiger partial charge in [0, 0.05) is 18.3 Å². The Morgan fingerprint density at radius 3 is 2.53 bits per heavy atom. The zero-order chi connectivity index (χ0) is 13.5. The van der Waals surface area contributed by atoms with E-state index in [1.807, 2.05) is 0 Å². The monoisotopic (exact) mass is 303 g/mol. The number of hydrogen-bond acceptors (Lipinski definition) is 2. The number of hydrogen-bond donors (Lipinski definition) is 1. The minimum absolute atomic E-state index is 0.0559. The summed E-state index contributed by atoms with van der Waals surface area (Å²) in [6.45, 7) is 0.778. The number of nitrogens with one attached hydrogen (secondary N) is 1. The third kappa shape index (κ3) is 2.69. The van der Waals surface area contributed by atoms with E-state index in [0.717, 1.165) is 38.0 Å².